The molecule has 2 aromatic carbocycles. The molecule has 2 aliphatic rings. The van der Waals surface area contributed by atoms with Crippen molar-refractivity contribution in [1.29, 1.82) is 0 Å². The van der Waals surface area contributed by atoms with Crippen LogP contribution in [0.15, 0.2) is 42.5 Å². The Bertz CT molecular complexity index is 962. The van der Waals surface area contributed by atoms with E-state index in [1.165, 1.54) is 12.1 Å². The van der Waals surface area contributed by atoms with Crippen LogP contribution in [-0.2, 0) is 22.6 Å². The Morgan fingerprint density at radius 2 is 1.59 bits per heavy atom. The minimum absolute atomic E-state index is 0.0598. The molecule has 0 aromatic heterocycles. The fourth-order valence-corrected chi connectivity index (χ4v) is 4.85. The number of ether oxygens (including phenoxy) is 2. The summed E-state index contributed by atoms with van der Waals surface area (Å²) in [5.41, 5.74) is 1.55. The van der Waals surface area contributed by atoms with Crippen molar-refractivity contribution in [3.63, 3.8) is 0 Å². The van der Waals surface area contributed by atoms with Gasteiger partial charge in [-0.3, -0.25) is 9.59 Å². The van der Waals surface area contributed by atoms with Gasteiger partial charge in [0.1, 0.15) is 17.3 Å². The Balaban J connectivity index is 1.40. The smallest absolute Gasteiger partial charge is 0.226 e. The second-order valence-electron chi connectivity index (χ2n) is 8.61. The Labute approximate surface area is 187 Å². The maximum Gasteiger partial charge on any atom is 0.226 e. The molecule has 1 spiro atoms. The molecule has 0 radical (unpaired) electrons. The van der Waals surface area contributed by atoms with E-state index in [4.69, 9.17) is 9.47 Å². The van der Waals surface area contributed by atoms with Crippen LogP contribution in [0, 0.1) is 5.82 Å². The molecule has 2 aromatic rings. The van der Waals surface area contributed by atoms with Gasteiger partial charge in [-0.15, -0.1) is 0 Å². The molecule has 170 valence electrons. The summed E-state index contributed by atoms with van der Waals surface area (Å²) in [6.45, 7) is 1.72. The average Bonchev–Trinajstić information content (AvgIpc) is 3.10. The normalized spacial score (nSPS) is 17.7. The number of rotatable bonds is 6. The predicted molar refractivity (Wildman–Crippen MR) is 118 cm³/mol. The van der Waals surface area contributed by atoms with Gasteiger partial charge in [0.05, 0.1) is 20.6 Å². The molecule has 32 heavy (non-hydrogen) atoms. The lowest BCUT2D eigenvalue weighted by Gasteiger charge is -2.45. The largest absolute Gasteiger partial charge is 0.497 e. The molecular weight excluding hydrogens is 411 g/mol. The van der Waals surface area contributed by atoms with Crippen molar-refractivity contribution >= 4 is 11.8 Å². The first-order valence-corrected chi connectivity index (χ1v) is 11.0. The lowest BCUT2D eigenvalue weighted by atomic mass is 9.84. The molecule has 2 heterocycles. The number of methoxy groups -OCH3 is 2. The number of benzene rings is 2. The molecule has 0 saturated carbocycles. The van der Waals surface area contributed by atoms with Gasteiger partial charge in [-0.05, 0) is 54.7 Å². The van der Waals surface area contributed by atoms with Crippen LogP contribution >= 0.6 is 0 Å². The van der Waals surface area contributed by atoms with Crippen molar-refractivity contribution in [1.82, 2.24) is 9.80 Å². The lowest BCUT2D eigenvalue weighted by molar-refractivity contribution is -0.136. The topological polar surface area (TPSA) is 59.1 Å². The molecule has 0 N–H and O–H groups in total. The number of carbonyl (C=O) groups excluding carboxylic acids is 2. The van der Waals surface area contributed by atoms with E-state index < -0.39 is 0 Å². The van der Waals surface area contributed by atoms with Gasteiger partial charge in [0.25, 0.3) is 0 Å². The first kappa shape index (κ1) is 22.1. The summed E-state index contributed by atoms with van der Waals surface area (Å²) < 4.78 is 23.9. The Morgan fingerprint density at radius 3 is 2.19 bits per heavy atom. The van der Waals surface area contributed by atoms with E-state index in [-0.39, 0.29) is 29.6 Å². The van der Waals surface area contributed by atoms with E-state index in [9.17, 15) is 14.0 Å². The molecule has 0 atom stereocenters. The summed E-state index contributed by atoms with van der Waals surface area (Å²) in [5, 5.41) is 0. The van der Waals surface area contributed by atoms with Crippen LogP contribution in [0.4, 0.5) is 4.39 Å². The van der Waals surface area contributed by atoms with Gasteiger partial charge in [0.15, 0.2) is 0 Å². The van der Waals surface area contributed by atoms with Gasteiger partial charge in [-0.2, -0.15) is 0 Å². The number of amides is 2. The van der Waals surface area contributed by atoms with Crippen LogP contribution in [0.1, 0.15) is 36.8 Å². The van der Waals surface area contributed by atoms with Crippen molar-refractivity contribution < 1.29 is 23.5 Å². The third-order valence-corrected chi connectivity index (χ3v) is 6.75. The zero-order valence-electron chi connectivity index (χ0n) is 18.6. The second kappa shape index (κ2) is 9.18. The van der Waals surface area contributed by atoms with Crippen molar-refractivity contribution in [3.05, 3.63) is 59.4 Å². The average molecular weight is 441 g/mol. The maximum absolute atomic E-state index is 13.3. The second-order valence-corrected chi connectivity index (χ2v) is 8.61. The zero-order chi connectivity index (χ0) is 22.7. The Morgan fingerprint density at radius 1 is 0.969 bits per heavy atom. The molecule has 2 fully saturated rings. The van der Waals surface area contributed by atoms with Crippen LogP contribution in [0.5, 0.6) is 11.5 Å². The summed E-state index contributed by atoms with van der Waals surface area (Å²) in [6, 6.07) is 11.8. The number of nitrogens with zero attached hydrogens (tertiary/aromatic N) is 2. The standard InChI is InChI=1S/C25H29FN2O4/c1-31-21-13-19(14-22(16-21)32-2)15-24(30)27-11-9-25(10-12-27)8-7-23(29)28(25)17-18-3-5-20(26)6-4-18/h3-6,13-14,16H,7-12,15,17H2,1-2H3. The summed E-state index contributed by atoms with van der Waals surface area (Å²) in [5.74, 6) is 1.23. The molecule has 2 aliphatic heterocycles. The molecule has 0 unspecified atom stereocenters. The Kier molecular flexibility index (Phi) is 6.35. The highest BCUT2D eigenvalue weighted by molar-refractivity contribution is 5.81. The van der Waals surface area contributed by atoms with Crippen LogP contribution in [0.2, 0.25) is 0 Å². The summed E-state index contributed by atoms with van der Waals surface area (Å²) in [4.78, 5) is 29.4. The number of halogens is 1. The fourth-order valence-electron chi connectivity index (χ4n) is 4.85. The van der Waals surface area contributed by atoms with E-state index in [0.29, 0.717) is 37.6 Å². The van der Waals surface area contributed by atoms with E-state index in [0.717, 1.165) is 30.4 Å². The third-order valence-electron chi connectivity index (χ3n) is 6.75. The van der Waals surface area contributed by atoms with E-state index in [2.05, 4.69) is 0 Å². The van der Waals surface area contributed by atoms with Crippen molar-refractivity contribution in [2.45, 2.75) is 44.2 Å². The van der Waals surface area contributed by atoms with Crippen molar-refractivity contribution in [3.8, 4) is 11.5 Å². The van der Waals surface area contributed by atoms with E-state index >= 15 is 0 Å². The van der Waals surface area contributed by atoms with Gasteiger partial charge in [0.2, 0.25) is 11.8 Å². The SMILES string of the molecule is COc1cc(CC(=O)N2CCC3(CCC(=O)N3Cc3ccc(F)cc3)CC2)cc(OC)c1. The zero-order valence-corrected chi connectivity index (χ0v) is 18.6. The van der Waals surface area contributed by atoms with Gasteiger partial charge in [0, 0.05) is 37.7 Å². The number of piperidine rings is 1. The minimum atomic E-state index is -0.281. The van der Waals surface area contributed by atoms with Gasteiger partial charge < -0.3 is 19.3 Å². The molecule has 0 aliphatic carbocycles. The highest BCUT2D eigenvalue weighted by Crippen LogP contribution is 2.40. The van der Waals surface area contributed by atoms with Crippen molar-refractivity contribution in [2.75, 3.05) is 27.3 Å². The molecular formula is C25H29FN2O4. The van der Waals surface area contributed by atoms with Crippen LogP contribution < -0.4 is 9.47 Å². The molecule has 6 nitrogen and oxygen atoms in total. The number of hydrogen-bond donors (Lipinski definition) is 0. The first-order chi connectivity index (χ1) is 15.4. The monoisotopic (exact) mass is 440 g/mol. The maximum atomic E-state index is 13.3. The van der Waals surface area contributed by atoms with E-state index in [1.807, 2.05) is 21.9 Å². The number of hydrogen-bond acceptors (Lipinski definition) is 4. The third kappa shape index (κ3) is 4.56. The molecule has 4 rings (SSSR count). The fraction of sp³-hybridized carbons (Fsp3) is 0.440. The summed E-state index contributed by atoms with van der Waals surface area (Å²) in [7, 11) is 3.18. The summed E-state index contributed by atoms with van der Waals surface area (Å²) >= 11 is 0. The quantitative estimate of drug-likeness (QED) is 0.689. The lowest BCUT2D eigenvalue weighted by Crippen LogP contribution is -2.54. The molecule has 2 saturated heterocycles. The van der Waals surface area contributed by atoms with Gasteiger partial charge in [-0.25, -0.2) is 4.39 Å². The van der Waals surface area contributed by atoms with E-state index in [1.54, 1.807) is 32.4 Å². The van der Waals surface area contributed by atoms with Crippen molar-refractivity contribution in [2.24, 2.45) is 0 Å². The molecule has 0 bridgehead atoms. The van der Waals surface area contributed by atoms with Crippen LogP contribution in [0.25, 0.3) is 0 Å². The number of carbonyl (C=O) groups is 2. The van der Waals surface area contributed by atoms with Crippen LogP contribution in [-0.4, -0.2) is 54.5 Å². The minimum Gasteiger partial charge on any atom is -0.497 e. The number of likely N-dealkylation sites (tertiary alicyclic amines) is 2. The van der Waals surface area contributed by atoms with Gasteiger partial charge in [-0.1, -0.05) is 12.1 Å². The first-order valence-electron chi connectivity index (χ1n) is 11.0. The molecule has 2 amide bonds. The van der Waals surface area contributed by atoms with Crippen LogP contribution in [0.3, 0.4) is 0 Å². The molecule has 7 heteroatoms. The predicted octanol–water partition coefficient (Wildman–Crippen LogP) is 3.57. The summed E-state index contributed by atoms with van der Waals surface area (Å²) in [6.07, 6.45) is 3.12. The Hall–Kier alpha value is -3.09. The highest BCUT2D eigenvalue weighted by atomic mass is 19.1. The highest BCUT2D eigenvalue weighted by Gasteiger charge is 2.47. The van der Waals surface area contributed by atoms with Gasteiger partial charge >= 0.3 is 0 Å².